The monoisotopic (exact) mass is 389 g/mol. The van der Waals surface area contributed by atoms with Crippen LogP contribution in [-0.4, -0.2) is 47.1 Å². The van der Waals surface area contributed by atoms with Gasteiger partial charge in [0.25, 0.3) is 0 Å². The molecule has 29 heavy (non-hydrogen) atoms. The van der Waals surface area contributed by atoms with Gasteiger partial charge in [0, 0.05) is 11.6 Å². The van der Waals surface area contributed by atoms with Crippen LogP contribution in [-0.2, 0) is 23.2 Å². The van der Waals surface area contributed by atoms with Crippen LogP contribution in [0.1, 0.15) is 23.1 Å². The van der Waals surface area contributed by atoms with Crippen molar-refractivity contribution in [2.24, 2.45) is 0 Å². The predicted molar refractivity (Wildman–Crippen MR) is 107 cm³/mol. The van der Waals surface area contributed by atoms with Gasteiger partial charge in [-0.25, -0.2) is 0 Å². The first-order valence-corrected chi connectivity index (χ1v) is 10.2. The fourth-order valence-electron chi connectivity index (χ4n) is 5.96. The molecule has 5 nitrogen and oxygen atoms in total. The molecule has 2 aliphatic heterocycles. The minimum Gasteiger partial charge on any atom is -0.485 e. The molecule has 2 heterocycles. The number of piperidine rings is 1. The Bertz CT molecular complexity index is 1050. The van der Waals surface area contributed by atoms with Crippen molar-refractivity contribution in [3.63, 3.8) is 0 Å². The summed E-state index contributed by atoms with van der Waals surface area (Å²) in [6.45, 7) is 1.25. The lowest BCUT2D eigenvalue weighted by atomic mass is 9.51. The van der Waals surface area contributed by atoms with Gasteiger partial charge in [0.1, 0.15) is 12.2 Å². The second-order valence-corrected chi connectivity index (χ2v) is 8.68. The van der Waals surface area contributed by atoms with Crippen LogP contribution in [0.2, 0.25) is 0 Å². The molecule has 0 aromatic heterocycles. The van der Waals surface area contributed by atoms with Crippen molar-refractivity contribution in [2.75, 3.05) is 13.6 Å². The number of likely N-dealkylation sites (N-methyl/N-ethyl adjacent to an activating group) is 1. The van der Waals surface area contributed by atoms with Gasteiger partial charge in [-0.05, 0) is 55.8 Å². The number of carbonyl (C=O) groups is 1. The summed E-state index contributed by atoms with van der Waals surface area (Å²) in [5.41, 5.74) is 1.36. The Morgan fingerprint density at radius 1 is 1.24 bits per heavy atom. The van der Waals surface area contributed by atoms with Crippen LogP contribution in [0.25, 0.3) is 0 Å². The molecule has 1 N–H and O–H groups in total. The topological polar surface area (TPSA) is 59.0 Å². The molecule has 2 bridgehead atoms. The van der Waals surface area contributed by atoms with Gasteiger partial charge in [-0.1, -0.05) is 36.4 Å². The minimum atomic E-state index is -1.12. The van der Waals surface area contributed by atoms with Crippen LogP contribution in [0, 0.1) is 0 Å². The van der Waals surface area contributed by atoms with Gasteiger partial charge in [0.2, 0.25) is 0 Å². The first-order valence-electron chi connectivity index (χ1n) is 10.2. The van der Waals surface area contributed by atoms with E-state index in [0.29, 0.717) is 24.5 Å². The molecule has 2 aliphatic carbocycles. The van der Waals surface area contributed by atoms with E-state index >= 15 is 0 Å². The number of hydrogen-bond donors (Lipinski definition) is 1. The zero-order valence-corrected chi connectivity index (χ0v) is 16.3. The zero-order chi connectivity index (χ0) is 19.8. The Balaban J connectivity index is 1.49. The third kappa shape index (κ3) is 2.04. The van der Waals surface area contributed by atoms with E-state index in [2.05, 4.69) is 11.0 Å². The standard InChI is InChI=1S/C24H23NO4/c1-25-12-11-23-20-16-7-8-18(28-14-15-5-3-2-4-6-15)21(20)29-22(23)17(26)9-10-24(23,27)19(25)13-16/h2-10,19,22,27H,11-14H2,1H3/t19-,22+,23+,24-/m1/s1. The van der Waals surface area contributed by atoms with Crippen LogP contribution in [0.3, 0.4) is 0 Å². The maximum atomic E-state index is 12.9. The number of nitrogens with zero attached hydrogens (tertiary/aromatic N) is 1. The van der Waals surface area contributed by atoms with Gasteiger partial charge in [-0.15, -0.1) is 0 Å². The maximum Gasteiger partial charge on any atom is 0.196 e. The molecule has 1 spiro atoms. The Kier molecular flexibility index (Phi) is 3.40. The van der Waals surface area contributed by atoms with Crippen LogP contribution in [0.5, 0.6) is 11.5 Å². The van der Waals surface area contributed by atoms with E-state index in [9.17, 15) is 9.90 Å². The molecule has 0 radical (unpaired) electrons. The lowest BCUT2D eigenvalue weighted by Gasteiger charge is -2.60. The third-order valence-electron chi connectivity index (χ3n) is 7.36. The van der Waals surface area contributed by atoms with Crippen molar-refractivity contribution < 1.29 is 19.4 Å². The quantitative estimate of drug-likeness (QED) is 0.874. The first kappa shape index (κ1) is 17.2. The fraction of sp³-hybridized carbons (Fsp3) is 0.375. The zero-order valence-electron chi connectivity index (χ0n) is 16.3. The molecule has 0 saturated carbocycles. The molecule has 5 heteroatoms. The van der Waals surface area contributed by atoms with Gasteiger partial charge in [-0.3, -0.25) is 9.69 Å². The highest BCUT2D eigenvalue weighted by atomic mass is 16.5. The second kappa shape index (κ2) is 5.71. The number of likely N-dealkylation sites (tertiary alicyclic amines) is 1. The van der Waals surface area contributed by atoms with Gasteiger partial charge in [0.15, 0.2) is 23.4 Å². The van der Waals surface area contributed by atoms with Crippen molar-refractivity contribution in [2.45, 2.75) is 42.6 Å². The molecule has 4 atom stereocenters. The molecule has 0 unspecified atom stereocenters. The summed E-state index contributed by atoms with van der Waals surface area (Å²) in [4.78, 5) is 15.1. The Morgan fingerprint density at radius 2 is 2.07 bits per heavy atom. The summed E-state index contributed by atoms with van der Waals surface area (Å²) in [7, 11) is 2.05. The molecular formula is C24H23NO4. The summed E-state index contributed by atoms with van der Waals surface area (Å²) < 4.78 is 12.4. The predicted octanol–water partition coefficient (Wildman–Crippen LogP) is 2.39. The highest BCUT2D eigenvalue weighted by molar-refractivity contribution is 5.99. The van der Waals surface area contributed by atoms with E-state index in [1.807, 2.05) is 43.4 Å². The number of ketones is 1. The molecule has 2 aromatic carbocycles. The van der Waals surface area contributed by atoms with Crippen molar-refractivity contribution in [1.82, 2.24) is 4.90 Å². The van der Waals surface area contributed by atoms with Crippen molar-refractivity contribution in [3.05, 3.63) is 71.3 Å². The van der Waals surface area contributed by atoms with Crippen molar-refractivity contribution in [3.8, 4) is 11.5 Å². The average Bonchev–Trinajstić information content (AvgIpc) is 3.09. The largest absolute Gasteiger partial charge is 0.485 e. The fourth-order valence-corrected chi connectivity index (χ4v) is 5.96. The second-order valence-electron chi connectivity index (χ2n) is 8.68. The Hall–Kier alpha value is -2.63. The molecule has 1 fully saturated rings. The molecule has 148 valence electrons. The SMILES string of the molecule is CN1CC[C@]23c4c5ccc(OCc6ccccc6)c4O[C@H]2C(=O)C=C[C@@]3(O)[C@H]1C5. The Labute approximate surface area is 169 Å². The van der Waals surface area contributed by atoms with Gasteiger partial charge < -0.3 is 14.6 Å². The number of hydrogen-bond acceptors (Lipinski definition) is 5. The van der Waals surface area contributed by atoms with E-state index in [4.69, 9.17) is 9.47 Å². The first-order chi connectivity index (χ1) is 14.0. The normalized spacial score (nSPS) is 33.9. The number of carbonyl (C=O) groups excluding carboxylic acids is 1. The van der Waals surface area contributed by atoms with Crippen LogP contribution in [0.4, 0.5) is 0 Å². The van der Waals surface area contributed by atoms with E-state index in [1.54, 1.807) is 6.08 Å². The molecule has 0 amide bonds. The van der Waals surface area contributed by atoms with E-state index < -0.39 is 17.1 Å². The lowest BCUT2D eigenvalue weighted by molar-refractivity contribution is -0.151. The number of ether oxygens (including phenoxy) is 2. The van der Waals surface area contributed by atoms with Gasteiger partial charge in [0.05, 0.1) is 5.41 Å². The highest BCUT2D eigenvalue weighted by Crippen LogP contribution is 2.63. The van der Waals surface area contributed by atoms with E-state index in [1.165, 1.54) is 6.08 Å². The van der Waals surface area contributed by atoms with Crippen molar-refractivity contribution >= 4 is 5.78 Å². The average molecular weight is 389 g/mol. The molecule has 4 aliphatic rings. The minimum absolute atomic E-state index is 0.0683. The summed E-state index contributed by atoms with van der Waals surface area (Å²) in [5.74, 6) is 1.21. The molecule has 2 aromatic rings. The summed E-state index contributed by atoms with van der Waals surface area (Å²) in [6, 6.07) is 13.9. The Morgan fingerprint density at radius 3 is 2.90 bits per heavy atom. The van der Waals surface area contributed by atoms with Crippen molar-refractivity contribution in [1.29, 1.82) is 0 Å². The smallest absolute Gasteiger partial charge is 0.196 e. The number of aliphatic hydroxyl groups is 1. The maximum absolute atomic E-state index is 12.9. The number of benzene rings is 2. The number of rotatable bonds is 3. The molecule has 1 saturated heterocycles. The summed E-state index contributed by atoms with van der Waals surface area (Å²) >= 11 is 0. The third-order valence-corrected chi connectivity index (χ3v) is 7.36. The van der Waals surface area contributed by atoms with Crippen LogP contribution >= 0.6 is 0 Å². The van der Waals surface area contributed by atoms with E-state index in [-0.39, 0.29) is 11.8 Å². The molecule has 6 rings (SSSR count). The van der Waals surface area contributed by atoms with Crippen LogP contribution in [0.15, 0.2) is 54.6 Å². The summed E-state index contributed by atoms with van der Waals surface area (Å²) in [5, 5.41) is 11.9. The summed E-state index contributed by atoms with van der Waals surface area (Å²) in [6.07, 6.45) is 3.95. The van der Waals surface area contributed by atoms with E-state index in [0.717, 1.165) is 29.7 Å². The van der Waals surface area contributed by atoms with Gasteiger partial charge >= 0.3 is 0 Å². The van der Waals surface area contributed by atoms with Gasteiger partial charge in [-0.2, -0.15) is 0 Å². The van der Waals surface area contributed by atoms with Crippen LogP contribution < -0.4 is 9.47 Å². The molecular weight excluding hydrogens is 366 g/mol. The highest BCUT2D eigenvalue weighted by Gasteiger charge is 2.71. The lowest BCUT2D eigenvalue weighted by Crippen LogP contribution is -2.74.